The second-order valence-electron chi connectivity index (χ2n) is 6.53. The lowest BCUT2D eigenvalue weighted by Crippen LogP contribution is -2.42. The van der Waals surface area contributed by atoms with Crippen LogP contribution in [0.1, 0.15) is 40.5 Å². The zero-order valence-electron chi connectivity index (χ0n) is 13.5. The largest absolute Gasteiger partial charge is 0.444 e. The van der Waals surface area contributed by atoms with Crippen molar-refractivity contribution in [1.29, 1.82) is 0 Å². The Morgan fingerprint density at radius 2 is 2.10 bits per heavy atom. The van der Waals surface area contributed by atoms with Crippen molar-refractivity contribution < 1.29 is 14.3 Å². The standard InChI is InChI=1S/C15H27ClN2O3/c1-5-6-17(14(20)21-15(2,3)4)7-8-18-11-12(10-16)9-13(18)19/h12H,5-11H2,1-4H3. The zero-order valence-corrected chi connectivity index (χ0v) is 14.3. The molecule has 0 aromatic heterocycles. The van der Waals surface area contributed by atoms with Gasteiger partial charge in [-0.2, -0.15) is 0 Å². The van der Waals surface area contributed by atoms with E-state index in [1.54, 1.807) is 9.80 Å². The molecule has 0 saturated carbocycles. The topological polar surface area (TPSA) is 49.9 Å². The zero-order chi connectivity index (χ0) is 16.0. The predicted octanol–water partition coefficient (Wildman–Crippen LogP) is 2.72. The molecule has 2 amide bonds. The first-order valence-corrected chi connectivity index (χ1v) is 8.12. The summed E-state index contributed by atoms with van der Waals surface area (Å²) in [7, 11) is 0. The van der Waals surface area contributed by atoms with Crippen LogP contribution in [-0.4, -0.2) is 59.5 Å². The highest BCUT2D eigenvalue weighted by Gasteiger charge is 2.29. The van der Waals surface area contributed by atoms with E-state index in [0.717, 1.165) is 6.42 Å². The molecule has 6 heteroatoms. The molecule has 21 heavy (non-hydrogen) atoms. The Morgan fingerprint density at radius 3 is 2.57 bits per heavy atom. The van der Waals surface area contributed by atoms with Crippen molar-refractivity contribution in [1.82, 2.24) is 9.80 Å². The minimum Gasteiger partial charge on any atom is -0.444 e. The molecule has 1 aliphatic heterocycles. The van der Waals surface area contributed by atoms with Gasteiger partial charge in [0.25, 0.3) is 0 Å². The quantitative estimate of drug-likeness (QED) is 0.708. The number of carbonyl (C=O) groups is 2. The first kappa shape index (κ1) is 18.1. The number of rotatable bonds is 6. The lowest BCUT2D eigenvalue weighted by Gasteiger charge is -2.28. The van der Waals surface area contributed by atoms with Gasteiger partial charge in [0.1, 0.15) is 5.60 Å². The van der Waals surface area contributed by atoms with E-state index >= 15 is 0 Å². The first-order valence-electron chi connectivity index (χ1n) is 7.58. The molecule has 1 fully saturated rings. The molecule has 1 atom stereocenters. The molecular formula is C15H27ClN2O3. The Kier molecular flexibility index (Phi) is 6.78. The number of carbonyl (C=O) groups excluding carboxylic acids is 2. The lowest BCUT2D eigenvalue weighted by atomic mass is 10.1. The van der Waals surface area contributed by atoms with Crippen LogP contribution in [0, 0.1) is 5.92 Å². The van der Waals surface area contributed by atoms with Gasteiger partial charge in [-0.15, -0.1) is 11.6 Å². The Hall–Kier alpha value is -0.970. The number of halogens is 1. The van der Waals surface area contributed by atoms with Crippen molar-refractivity contribution in [3.63, 3.8) is 0 Å². The van der Waals surface area contributed by atoms with Crippen molar-refractivity contribution >= 4 is 23.6 Å². The normalized spacial score (nSPS) is 19.0. The van der Waals surface area contributed by atoms with Gasteiger partial charge in [0.05, 0.1) is 0 Å². The maximum absolute atomic E-state index is 12.1. The molecule has 0 spiro atoms. The minimum atomic E-state index is -0.504. The molecule has 122 valence electrons. The molecule has 1 rings (SSSR count). The van der Waals surface area contributed by atoms with Crippen LogP contribution in [0.25, 0.3) is 0 Å². The number of hydrogen-bond donors (Lipinski definition) is 0. The number of nitrogens with zero attached hydrogens (tertiary/aromatic N) is 2. The molecule has 1 saturated heterocycles. The highest BCUT2D eigenvalue weighted by molar-refractivity contribution is 6.18. The lowest BCUT2D eigenvalue weighted by molar-refractivity contribution is -0.127. The van der Waals surface area contributed by atoms with Crippen LogP contribution in [0.15, 0.2) is 0 Å². The van der Waals surface area contributed by atoms with Crippen LogP contribution in [0.4, 0.5) is 4.79 Å². The molecule has 0 radical (unpaired) electrons. The Morgan fingerprint density at radius 1 is 1.43 bits per heavy atom. The second kappa shape index (κ2) is 7.87. The Balaban J connectivity index is 2.51. The van der Waals surface area contributed by atoms with Crippen molar-refractivity contribution in [3.05, 3.63) is 0 Å². The summed E-state index contributed by atoms with van der Waals surface area (Å²) in [6.45, 7) is 9.95. The number of likely N-dealkylation sites (tertiary alicyclic amines) is 1. The van der Waals surface area contributed by atoms with E-state index in [0.29, 0.717) is 38.5 Å². The van der Waals surface area contributed by atoms with Gasteiger partial charge < -0.3 is 14.5 Å². The van der Waals surface area contributed by atoms with Gasteiger partial charge >= 0.3 is 6.09 Å². The number of amides is 2. The van der Waals surface area contributed by atoms with Gasteiger partial charge in [0.2, 0.25) is 5.91 Å². The SMILES string of the molecule is CCCN(CCN1CC(CCl)CC1=O)C(=O)OC(C)(C)C. The fraction of sp³-hybridized carbons (Fsp3) is 0.867. The molecule has 0 bridgehead atoms. The van der Waals surface area contributed by atoms with Crippen molar-refractivity contribution in [3.8, 4) is 0 Å². The predicted molar refractivity (Wildman–Crippen MR) is 83.5 cm³/mol. The highest BCUT2D eigenvalue weighted by Crippen LogP contribution is 2.19. The third-order valence-corrected chi connectivity index (χ3v) is 3.73. The Bertz CT molecular complexity index is 368. The summed E-state index contributed by atoms with van der Waals surface area (Å²) in [4.78, 5) is 27.4. The average Bonchev–Trinajstić information content (AvgIpc) is 2.73. The summed E-state index contributed by atoms with van der Waals surface area (Å²) in [6.07, 6.45) is 1.06. The van der Waals surface area contributed by atoms with Crippen LogP contribution in [0.5, 0.6) is 0 Å². The van der Waals surface area contributed by atoms with Crippen LogP contribution in [0.3, 0.4) is 0 Å². The van der Waals surface area contributed by atoms with Crippen molar-refractivity contribution in [2.45, 2.75) is 46.1 Å². The summed E-state index contributed by atoms with van der Waals surface area (Å²) >= 11 is 5.81. The number of ether oxygens (including phenoxy) is 1. The maximum atomic E-state index is 12.1. The summed E-state index contributed by atoms with van der Waals surface area (Å²) < 4.78 is 5.40. The van der Waals surface area contributed by atoms with Crippen LogP contribution in [-0.2, 0) is 9.53 Å². The van der Waals surface area contributed by atoms with E-state index in [1.165, 1.54) is 0 Å². The third kappa shape index (κ3) is 6.12. The summed E-state index contributed by atoms with van der Waals surface area (Å²) in [5, 5.41) is 0. The molecule has 1 aliphatic rings. The number of hydrogen-bond acceptors (Lipinski definition) is 3. The van der Waals surface area contributed by atoms with Gasteiger partial charge in [0, 0.05) is 38.5 Å². The van der Waals surface area contributed by atoms with Gasteiger partial charge in [0.15, 0.2) is 0 Å². The summed E-state index contributed by atoms with van der Waals surface area (Å²) in [5.74, 6) is 0.870. The van der Waals surface area contributed by atoms with Gasteiger partial charge in [-0.25, -0.2) is 4.79 Å². The number of alkyl halides is 1. The fourth-order valence-corrected chi connectivity index (χ4v) is 2.51. The van der Waals surface area contributed by atoms with E-state index < -0.39 is 5.60 Å². The molecule has 1 heterocycles. The van der Waals surface area contributed by atoms with Crippen LogP contribution >= 0.6 is 11.6 Å². The van der Waals surface area contributed by atoms with Crippen molar-refractivity contribution in [2.24, 2.45) is 5.92 Å². The fourth-order valence-electron chi connectivity index (χ4n) is 2.31. The van der Waals surface area contributed by atoms with Gasteiger partial charge in [-0.05, 0) is 33.1 Å². The molecule has 0 aromatic carbocycles. The van der Waals surface area contributed by atoms with E-state index in [-0.39, 0.29) is 17.9 Å². The van der Waals surface area contributed by atoms with Crippen LogP contribution < -0.4 is 0 Å². The maximum Gasteiger partial charge on any atom is 0.410 e. The summed E-state index contributed by atoms with van der Waals surface area (Å²) in [5.41, 5.74) is -0.504. The molecule has 5 nitrogen and oxygen atoms in total. The average molecular weight is 319 g/mol. The van der Waals surface area contributed by atoms with Crippen LogP contribution in [0.2, 0.25) is 0 Å². The monoisotopic (exact) mass is 318 g/mol. The molecule has 0 aliphatic carbocycles. The molecular weight excluding hydrogens is 292 g/mol. The van der Waals surface area contributed by atoms with Gasteiger partial charge in [-0.1, -0.05) is 6.92 Å². The third-order valence-electron chi connectivity index (χ3n) is 3.30. The molecule has 0 aromatic rings. The molecule has 1 unspecified atom stereocenters. The minimum absolute atomic E-state index is 0.126. The molecule has 0 N–H and O–H groups in total. The van der Waals surface area contributed by atoms with E-state index in [9.17, 15) is 9.59 Å². The van der Waals surface area contributed by atoms with Gasteiger partial charge in [-0.3, -0.25) is 4.79 Å². The van der Waals surface area contributed by atoms with Crippen molar-refractivity contribution in [2.75, 3.05) is 32.1 Å². The Labute approximate surface area is 132 Å². The second-order valence-corrected chi connectivity index (χ2v) is 6.84. The summed E-state index contributed by atoms with van der Waals surface area (Å²) in [6, 6.07) is 0. The smallest absolute Gasteiger partial charge is 0.410 e. The first-order chi connectivity index (χ1) is 9.76. The van der Waals surface area contributed by atoms with E-state index in [1.807, 2.05) is 27.7 Å². The van der Waals surface area contributed by atoms with E-state index in [2.05, 4.69) is 0 Å². The van der Waals surface area contributed by atoms with E-state index in [4.69, 9.17) is 16.3 Å². The highest BCUT2D eigenvalue weighted by atomic mass is 35.5.